The predicted octanol–water partition coefficient (Wildman–Crippen LogP) is 4.03. The highest BCUT2D eigenvalue weighted by Crippen LogP contribution is 2.32. The summed E-state index contributed by atoms with van der Waals surface area (Å²) in [7, 11) is 2.02. The van der Waals surface area contributed by atoms with Crippen molar-refractivity contribution in [3.05, 3.63) is 36.2 Å². The first-order valence-corrected chi connectivity index (χ1v) is 8.42. The van der Waals surface area contributed by atoms with Gasteiger partial charge in [-0.15, -0.1) is 0 Å². The number of aromatic nitrogens is 2. The zero-order valence-electron chi connectivity index (χ0n) is 14.8. The molecule has 1 aliphatic rings. The van der Waals surface area contributed by atoms with Gasteiger partial charge in [0.2, 0.25) is 0 Å². The molecule has 5 heteroatoms. The Morgan fingerprint density at radius 3 is 2.88 bits per heavy atom. The summed E-state index contributed by atoms with van der Waals surface area (Å²) in [5.41, 5.74) is 3.12. The number of nitrogens with zero attached hydrogens (tertiary/aromatic N) is 2. The molecule has 2 aromatic rings. The molecule has 0 fully saturated rings. The highest BCUT2D eigenvalue weighted by molar-refractivity contribution is 5.91. The van der Waals surface area contributed by atoms with Crippen LogP contribution < -0.4 is 5.32 Å². The Bertz CT molecular complexity index is 783. The third-order valence-corrected chi connectivity index (χ3v) is 4.21. The van der Waals surface area contributed by atoms with Crippen LogP contribution in [0.1, 0.15) is 45.6 Å². The molecule has 0 aromatic carbocycles. The highest BCUT2D eigenvalue weighted by Gasteiger charge is 2.22. The summed E-state index contributed by atoms with van der Waals surface area (Å²) >= 11 is 0. The summed E-state index contributed by atoms with van der Waals surface area (Å²) in [6.45, 7) is 5.63. The molecule has 0 saturated heterocycles. The van der Waals surface area contributed by atoms with Crippen LogP contribution in [0, 0.1) is 0 Å². The van der Waals surface area contributed by atoms with E-state index in [2.05, 4.69) is 33.2 Å². The van der Waals surface area contributed by atoms with Crippen molar-refractivity contribution < 1.29 is 9.53 Å². The molecule has 2 heterocycles. The fraction of sp³-hybridized carbons (Fsp3) is 0.474. The minimum absolute atomic E-state index is 0.136. The van der Waals surface area contributed by atoms with Crippen molar-refractivity contribution in [2.45, 2.75) is 51.7 Å². The van der Waals surface area contributed by atoms with E-state index in [1.165, 1.54) is 16.5 Å². The molecule has 1 aliphatic carbocycles. The number of allylic oxidation sites excluding steroid dienone is 1. The summed E-state index contributed by atoms with van der Waals surface area (Å²) in [5.74, 6) is 0. The summed E-state index contributed by atoms with van der Waals surface area (Å²) in [5, 5.41) is 4.15. The molecule has 0 saturated carbocycles. The van der Waals surface area contributed by atoms with Crippen LogP contribution >= 0.6 is 0 Å². The van der Waals surface area contributed by atoms with Crippen molar-refractivity contribution in [1.82, 2.24) is 14.9 Å². The van der Waals surface area contributed by atoms with E-state index in [1.54, 1.807) is 0 Å². The minimum Gasteiger partial charge on any atom is -0.444 e. The van der Waals surface area contributed by atoms with Crippen molar-refractivity contribution >= 4 is 22.7 Å². The molecule has 0 spiro atoms. The Hall–Kier alpha value is -2.30. The third kappa shape index (κ3) is 3.61. The first kappa shape index (κ1) is 16.6. The minimum atomic E-state index is -0.463. The van der Waals surface area contributed by atoms with Crippen molar-refractivity contribution in [3.8, 4) is 0 Å². The number of rotatable bonds is 2. The molecule has 24 heavy (non-hydrogen) atoms. The van der Waals surface area contributed by atoms with Gasteiger partial charge >= 0.3 is 6.09 Å². The molecular weight excluding hydrogens is 302 g/mol. The van der Waals surface area contributed by atoms with E-state index in [9.17, 15) is 4.79 Å². The second kappa shape index (κ2) is 6.30. The molecule has 1 unspecified atom stereocenters. The van der Waals surface area contributed by atoms with Gasteiger partial charge in [0.15, 0.2) is 0 Å². The Morgan fingerprint density at radius 2 is 2.21 bits per heavy atom. The number of amides is 1. The lowest BCUT2D eigenvalue weighted by Gasteiger charge is -2.25. The maximum Gasteiger partial charge on any atom is 0.407 e. The quantitative estimate of drug-likeness (QED) is 0.906. The SMILES string of the molecule is Cn1cc(C2=CCC(NC(=O)OC(C)(C)C)CC2)c2cccnc21. The number of carbonyl (C=O) groups excluding carboxylic acids is 1. The topological polar surface area (TPSA) is 56.2 Å². The predicted molar refractivity (Wildman–Crippen MR) is 95.7 cm³/mol. The van der Waals surface area contributed by atoms with E-state index < -0.39 is 5.60 Å². The molecule has 1 amide bonds. The van der Waals surface area contributed by atoms with Gasteiger partial charge in [-0.3, -0.25) is 0 Å². The molecule has 5 nitrogen and oxygen atoms in total. The number of alkyl carbamates (subject to hydrolysis) is 1. The second-order valence-electron chi connectivity index (χ2n) is 7.38. The lowest BCUT2D eigenvalue weighted by Crippen LogP contribution is -2.39. The average molecular weight is 327 g/mol. The van der Waals surface area contributed by atoms with Crippen LogP contribution in [0.4, 0.5) is 4.79 Å². The monoisotopic (exact) mass is 327 g/mol. The van der Waals surface area contributed by atoms with Gasteiger partial charge in [0.05, 0.1) is 0 Å². The Kier molecular flexibility index (Phi) is 4.35. The number of ether oxygens (including phenoxy) is 1. The largest absolute Gasteiger partial charge is 0.444 e. The lowest BCUT2D eigenvalue weighted by atomic mass is 9.91. The van der Waals surface area contributed by atoms with Gasteiger partial charge < -0.3 is 14.6 Å². The van der Waals surface area contributed by atoms with Crippen LogP contribution in [0.5, 0.6) is 0 Å². The molecule has 2 aromatic heterocycles. The number of hydrogen-bond acceptors (Lipinski definition) is 3. The van der Waals surface area contributed by atoms with E-state index in [0.29, 0.717) is 0 Å². The van der Waals surface area contributed by atoms with Crippen LogP contribution in [0.25, 0.3) is 16.6 Å². The molecular formula is C19H25N3O2. The molecule has 0 aliphatic heterocycles. The number of hydrogen-bond donors (Lipinski definition) is 1. The highest BCUT2D eigenvalue weighted by atomic mass is 16.6. The van der Waals surface area contributed by atoms with E-state index in [0.717, 1.165) is 24.9 Å². The number of aryl methyl sites for hydroxylation is 1. The van der Waals surface area contributed by atoms with Crippen LogP contribution in [-0.2, 0) is 11.8 Å². The van der Waals surface area contributed by atoms with Gasteiger partial charge in [-0.1, -0.05) is 6.08 Å². The maximum absolute atomic E-state index is 11.9. The normalized spacial score (nSPS) is 18.3. The molecule has 128 valence electrons. The van der Waals surface area contributed by atoms with Crippen molar-refractivity contribution in [2.75, 3.05) is 0 Å². The number of pyridine rings is 1. The summed E-state index contributed by atoms with van der Waals surface area (Å²) < 4.78 is 7.40. The lowest BCUT2D eigenvalue weighted by molar-refractivity contribution is 0.0502. The molecule has 0 radical (unpaired) electrons. The van der Waals surface area contributed by atoms with Crippen LogP contribution in [-0.4, -0.2) is 27.3 Å². The smallest absolute Gasteiger partial charge is 0.407 e. The fourth-order valence-electron chi connectivity index (χ4n) is 3.15. The summed E-state index contributed by atoms with van der Waals surface area (Å²) in [6.07, 6.45) is 8.54. The molecule has 1 N–H and O–H groups in total. The van der Waals surface area contributed by atoms with Crippen molar-refractivity contribution in [1.29, 1.82) is 0 Å². The Morgan fingerprint density at radius 1 is 1.42 bits per heavy atom. The summed E-state index contributed by atoms with van der Waals surface area (Å²) in [4.78, 5) is 16.3. The number of carbonyl (C=O) groups is 1. The zero-order chi connectivity index (χ0) is 17.3. The van der Waals surface area contributed by atoms with Gasteiger partial charge in [-0.2, -0.15) is 0 Å². The molecule has 1 atom stereocenters. The van der Waals surface area contributed by atoms with Gasteiger partial charge in [-0.25, -0.2) is 9.78 Å². The number of nitrogens with one attached hydrogen (secondary N) is 1. The standard InChI is InChI=1S/C19H25N3O2/c1-19(2,3)24-18(23)21-14-9-7-13(8-10-14)16-12-22(4)17-15(16)6-5-11-20-17/h5-7,11-12,14H,8-10H2,1-4H3,(H,21,23). The van der Waals surface area contributed by atoms with E-state index in [1.807, 2.05) is 40.1 Å². The second-order valence-corrected chi connectivity index (χ2v) is 7.38. The van der Waals surface area contributed by atoms with Crippen LogP contribution in [0.15, 0.2) is 30.6 Å². The molecule has 3 rings (SSSR count). The zero-order valence-corrected chi connectivity index (χ0v) is 14.8. The first-order valence-electron chi connectivity index (χ1n) is 8.42. The fourth-order valence-corrected chi connectivity index (χ4v) is 3.15. The van der Waals surface area contributed by atoms with Crippen molar-refractivity contribution in [2.24, 2.45) is 7.05 Å². The van der Waals surface area contributed by atoms with Crippen LogP contribution in [0.3, 0.4) is 0 Å². The van der Waals surface area contributed by atoms with E-state index in [4.69, 9.17) is 4.74 Å². The van der Waals surface area contributed by atoms with Gasteiger partial charge in [-0.05, 0) is 57.7 Å². The number of fused-ring (bicyclic) bond motifs is 1. The van der Waals surface area contributed by atoms with Gasteiger partial charge in [0.25, 0.3) is 0 Å². The van der Waals surface area contributed by atoms with E-state index in [-0.39, 0.29) is 12.1 Å². The van der Waals surface area contributed by atoms with Gasteiger partial charge in [0.1, 0.15) is 11.2 Å². The third-order valence-electron chi connectivity index (χ3n) is 4.21. The Labute approximate surface area is 142 Å². The first-order chi connectivity index (χ1) is 11.3. The molecule has 0 bridgehead atoms. The average Bonchev–Trinajstić information content (AvgIpc) is 2.84. The summed E-state index contributed by atoms with van der Waals surface area (Å²) in [6, 6.07) is 4.22. The van der Waals surface area contributed by atoms with Crippen molar-refractivity contribution in [3.63, 3.8) is 0 Å². The van der Waals surface area contributed by atoms with E-state index >= 15 is 0 Å². The van der Waals surface area contributed by atoms with Gasteiger partial charge in [0, 0.05) is 36.4 Å². The van der Waals surface area contributed by atoms with Crippen LogP contribution in [0.2, 0.25) is 0 Å². The Balaban J connectivity index is 1.70. The maximum atomic E-state index is 11.9.